The maximum atomic E-state index is 12.7. The first-order valence-electron chi connectivity index (χ1n) is 7.22. The second-order valence-corrected chi connectivity index (χ2v) is 4.84. The molecule has 0 aliphatic rings. The summed E-state index contributed by atoms with van der Waals surface area (Å²) in [6.07, 6.45) is -4.21. The van der Waals surface area contributed by atoms with E-state index in [1.165, 1.54) is 0 Å². The lowest BCUT2D eigenvalue weighted by atomic mass is 10.2. The number of rotatable bonds is 6. The average Bonchev–Trinajstić information content (AvgIpc) is 3.05. The highest BCUT2D eigenvalue weighted by atomic mass is 19.4. The van der Waals surface area contributed by atoms with Crippen molar-refractivity contribution in [2.24, 2.45) is 0 Å². The molecule has 2 aromatic rings. The summed E-state index contributed by atoms with van der Waals surface area (Å²) < 4.78 is 43.3. The van der Waals surface area contributed by atoms with Gasteiger partial charge < -0.3 is 15.4 Å². The fraction of sp³-hybridized carbons (Fsp3) is 0.267. The number of carbonyl (C=O) groups excluding carboxylic acids is 2. The Labute approximate surface area is 140 Å². The summed E-state index contributed by atoms with van der Waals surface area (Å²) in [6, 6.07) is 6.50. The smallest absolute Gasteiger partial charge is 0.420 e. The van der Waals surface area contributed by atoms with E-state index in [0.29, 0.717) is 24.2 Å². The van der Waals surface area contributed by atoms with E-state index in [1.54, 1.807) is 24.3 Å². The number of halogens is 3. The normalized spacial score (nSPS) is 11.0. The number of H-pyrrole nitrogens is 1. The van der Waals surface area contributed by atoms with Gasteiger partial charge in [-0.3, -0.25) is 14.7 Å². The van der Waals surface area contributed by atoms with Crippen LogP contribution in [0.5, 0.6) is 5.75 Å². The van der Waals surface area contributed by atoms with E-state index in [4.69, 9.17) is 4.74 Å². The number of anilines is 1. The van der Waals surface area contributed by atoms with E-state index >= 15 is 0 Å². The van der Waals surface area contributed by atoms with Gasteiger partial charge >= 0.3 is 6.18 Å². The second-order valence-electron chi connectivity index (χ2n) is 4.84. The van der Waals surface area contributed by atoms with Gasteiger partial charge in [-0.25, -0.2) is 0 Å². The molecule has 0 aliphatic heterocycles. The van der Waals surface area contributed by atoms with Gasteiger partial charge in [0, 0.05) is 5.69 Å². The van der Waals surface area contributed by atoms with Gasteiger partial charge in [0.2, 0.25) is 5.91 Å². The van der Waals surface area contributed by atoms with Crippen molar-refractivity contribution >= 4 is 17.5 Å². The number of hydrogen-bond donors (Lipinski definition) is 3. The molecule has 2 amide bonds. The number of alkyl halides is 3. The Balaban J connectivity index is 1.89. The second kappa shape index (κ2) is 7.69. The van der Waals surface area contributed by atoms with Crippen LogP contribution < -0.4 is 15.4 Å². The van der Waals surface area contributed by atoms with Gasteiger partial charge in [-0.05, 0) is 31.2 Å². The van der Waals surface area contributed by atoms with E-state index in [1.807, 2.05) is 12.0 Å². The number of hydrogen-bond acceptors (Lipinski definition) is 4. The van der Waals surface area contributed by atoms with E-state index in [2.05, 4.69) is 15.7 Å². The van der Waals surface area contributed by atoms with Gasteiger partial charge in [0.25, 0.3) is 5.91 Å². The van der Waals surface area contributed by atoms with Crippen molar-refractivity contribution in [3.05, 3.63) is 41.7 Å². The molecule has 1 aromatic heterocycles. The Kier molecular flexibility index (Phi) is 5.63. The number of aromatic amines is 1. The summed E-state index contributed by atoms with van der Waals surface area (Å²) in [4.78, 5) is 23.5. The molecule has 0 spiro atoms. The van der Waals surface area contributed by atoms with Crippen LogP contribution in [0.2, 0.25) is 0 Å². The van der Waals surface area contributed by atoms with Crippen LogP contribution in [-0.2, 0) is 11.0 Å². The lowest BCUT2D eigenvalue weighted by Gasteiger charge is -2.09. The Morgan fingerprint density at radius 2 is 1.92 bits per heavy atom. The van der Waals surface area contributed by atoms with Gasteiger partial charge in [-0.1, -0.05) is 0 Å². The molecule has 0 aliphatic carbocycles. The summed E-state index contributed by atoms with van der Waals surface area (Å²) in [5.41, 5.74) is -1.49. The molecule has 0 bridgehead atoms. The first kappa shape index (κ1) is 18.3. The van der Waals surface area contributed by atoms with Gasteiger partial charge in [0.05, 0.1) is 19.3 Å². The molecule has 0 saturated heterocycles. The van der Waals surface area contributed by atoms with Gasteiger partial charge in [-0.15, -0.1) is 0 Å². The molecule has 0 radical (unpaired) electrons. The van der Waals surface area contributed by atoms with Crippen molar-refractivity contribution in [1.82, 2.24) is 15.5 Å². The molecule has 25 heavy (non-hydrogen) atoms. The predicted molar refractivity (Wildman–Crippen MR) is 82.2 cm³/mol. The van der Waals surface area contributed by atoms with Crippen LogP contribution in [0.4, 0.5) is 18.9 Å². The molecular formula is C15H15F3N4O3. The quantitative estimate of drug-likeness (QED) is 0.739. The molecular weight excluding hydrogens is 341 g/mol. The maximum absolute atomic E-state index is 12.7. The fourth-order valence-corrected chi connectivity index (χ4v) is 1.93. The number of nitrogens with zero attached hydrogens (tertiary/aromatic N) is 1. The standard InChI is InChI=1S/C15H15F3N4O3/c1-2-25-10-5-3-9(4-6-10)21-12(23)8-19-14(24)13-11(7-20-22-13)15(16,17)18/h3-7H,2,8H2,1H3,(H,19,24)(H,20,22)(H,21,23). The highest BCUT2D eigenvalue weighted by molar-refractivity contribution is 5.99. The summed E-state index contributed by atoms with van der Waals surface area (Å²) >= 11 is 0. The van der Waals surface area contributed by atoms with Crippen LogP contribution in [0.1, 0.15) is 23.0 Å². The molecule has 7 nitrogen and oxygen atoms in total. The van der Waals surface area contributed by atoms with Crippen molar-refractivity contribution in [3.8, 4) is 5.75 Å². The lowest BCUT2D eigenvalue weighted by Crippen LogP contribution is -2.34. The molecule has 1 aromatic carbocycles. The van der Waals surface area contributed by atoms with Crippen molar-refractivity contribution in [2.75, 3.05) is 18.5 Å². The minimum absolute atomic E-state index is 0.459. The molecule has 0 fully saturated rings. The van der Waals surface area contributed by atoms with E-state index in [9.17, 15) is 22.8 Å². The molecule has 1 heterocycles. The molecule has 0 unspecified atom stereocenters. The lowest BCUT2D eigenvalue weighted by molar-refractivity contribution is -0.137. The third-order valence-corrected chi connectivity index (χ3v) is 3.03. The van der Waals surface area contributed by atoms with Crippen LogP contribution in [0, 0.1) is 0 Å². The van der Waals surface area contributed by atoms with Crippen molar-refractivity contribution in [2.45, 2.75) is 13.1 Å². The molecule has 2 rings (SSSR count). The average molecular weight is 356 g/mol. The van der Waals surface area contributed by atoms with Crippen LogP contribution in [0.3, 0.4) is 0 Å². The van der Waals surface area contributed by atoms with Crippen LogP contribution in [-0.4, -0.2) is 35.2 Å². The Bertz CT molecular complexity index is 741. The number of nitrogens with one attached hydrogen (secondary N) is 3. The number of benzene rings is 1. The van der Waals surface area contributed by atoms with Crippen LogP contribution >= 0.6 is 0 Å². The zero-order valence-electron chi connectivity index (χ0n) is 13.1. The van der Waals surface area contributed by atoms with E-state index in [-0.39, 0.29) is 0 Å². The van der Waals surface area contributed by atoms with Gasteiger partial charge in [0.15, 0.2) is 0 Å². The predicted octanol–water partition coefficient (Wildman–Crippen LogP) is 2.20. The third kappa shape index (κ3) is 4.96. The van der Waals surface area contributed by atoms with Gasteiger partial charge in [-0.2, -0.15) is 18.3 Å². The summed E-state index contributed by atoms with van der Waals surface area (Å²) in [5.74, 6) is -1.04. The zero-order chi connectivity index (χ0) is 18.4. The largest absolute Gasteiger partial charge is 0.494 e. The Morgan fingerprint density at radius 1 is 1.24 bits per heavy atom. The first-order chi connectivity index (χ1) is 11.8. The van der Waals surface area contributed by atoms with Crippen molar-refractivity contribution < 1.29 is 27.5 Å². The Hall–Kier alpha value is -3.04. The summed E-state index contributed by atoms with van der Waals surface area (Å²) in [7, 11) is 0. The van der Waals surface area contributed by atoms with E-state index < -0.39 is 35.8 Å². The van der Waals surface area contributed by atoms with E-state index in [0.717, 1.165) is 0 Å². The molecule has 3 N–H and O–H groups in total. The number of amides is 2. The topological polar surface area (TPSA) is 96.1 Å². The maximum Gasteiger partial charge on any atom is 0.420 e. The number of aromatic nitrogens is 2. The van der Waals surface area contributed by atoms with Crippen LogP contribution in [0.15, 0.2) is 30.5 Å². The molecule has 0 saturated carbocycles. The number of carbonyl (C=O) groups is 2. The minimum atomic E-state index is -4.72. The fourth-order valence-electron chi connectivity index (χ4n) is 1.93. The molecule has 134 valence electrons. The molecule has 0 atom stereocenters. The van der Waals surface area contributed by atoms with Crippen LogP contribution in [0.25, 0.3) is 0 Å². The molecule has 10 heteroatoms. The highest BCUT2D eigenvalue weighted by Gasteiger charge is 2.37. The zero-order valence-corrected chi connectivity index (χ0v) is 13.1. The third-order valence-electron chi connectivity index (χ3n) is 3.03. The van der Waals surface area contributed by atoms with Gasteiger partial charge in [0.1, 0.15) is 17.0 Å². The van der Waals surface area contributed by atoms with Crippen molar-refractivity contribution in [1.29, 1.82) is 0 Å². The first-order valence-corrected chi connectivity index (χ1v) is 7.22. The minimum Gasteiger partial charge on any atom is -0.494 e. The monoisotopic (exact) mass is 356 g/mol. The van der Waals surface area contributed by atoms with Crippen molar-refractivity contribution in [3.63, 3.8) is 0 Å². The Morgan fingerprint density at radius 3 is 2.52 bits per heavy atom. The number of ether oxygens (including phenoxy) is 1. The summed E-state index contributed by atoms with van der Waals surface area (Å²) in [5, 5.41) is 9.79. The summed E-state index contributed by atoms with van der Waals surface area (Å²) in [6.45, 7) is 1.84. The SMILES string of the molecule is CCOc1ccc(NC(=O)CNC(=O)c2[nH]ncc2C(F)(F)F)cc1. The highest BCUT2D eigenvalue weighted by Crippen LogP contribution is 2.30.